The Labute approximate surface area is 191 Å². The van der Waals surface area contributed by atoms with Crippen molar-refractivity contribution in [2.45, 2.75) is 19.1 Å². The van der Waals surface area contributed by atoms with E-state index in [-0.39, 0.29) is 12.1 Å². The fourth-order valence-corrected chi connectivity index (χ4v) is 3.73. The summed E-state index contributed by atoms with van der Waals surface area (Å²) in [5.74, 6) is -0.465. The third kappa shape index (κ3) is 7.40. The highest BCUT2D eigenvalue weighted by molar-refractivity contribution is 6.42. The number of amides is 3. The van der Waals surface area contributed by atoms with Gasteiger partial charge in [-0.25, -0.2) is 4.79 Å². The van der Waals surface area contributed by atoms with E-state index in [1.165, 1.54) is 0 Å². The van der Waals surface area contributed by atoms with Gasteiger partial charge >= 0.3 is 6.03 Å². The van der Waals surface area contributed by atoms with E-state index < -0.39 is 5.91 Å². The van der Waals surface area contributed by atoms with Gasteiger partial charge in [0.2, 0.25) is 5.91 Å². The Morgan fingerprint density at radius 3 is 2.71 bits per heavy atom. The standard InChI is InChI=1S/C22H26Cl2N4O3/c23-19-5-4-16(11-20(19)24)13-28-8-9-31-18(14-28)12-27-22(30)26-7-6-15-2-1-3-17(10-15)21(25)29/h1-5,10-11,18H,6-9,12-14H2,(H2,25,29)(H2,26,27,30). The van der Waals surface area contributed by atoms with Crippen molar-refractivity contribution < 1.29 is 14.3 Å². The van der Waals surface area contributed by atoms with E-state index in [2.05, 4.69) is 15.5 Å². The number of nitrogens with two attached hydrogens (primary N) is 1. The Balaban J connectivity index is 1.38. The summed E-state index contributed by atoms with van der Waals surface area (Å²) in [6.45, 7) is 3.73. The van der Waals surface area contributed by atoms with E-state index in [9.17, 15) is 9.59 Å². The summed E-state index contributed by atoms with van der Waals surface area (Å²) in [5.41, 5.74) is 7.77. The lowest BCUT2D eigenvalue weighted by Crippen LogP contribution is -2.48. The summed E-state index contributed by atoms with van der Waals surface area (Å²) < 4.78 is 5.77. The average Bonchev–Trinajstić information content (AvgIpc) is 2.75. The number of hydrogen-bond acceptors (Lipinski definition) is 4. The topological polar surface area (TPSA) is 96.7 Å². The largest absolute Gasteiger partial charge is 0.374 e. The summed E-state index contributed by atoms with van der Waals surface area (Å²) in [4.78, 5) is 25.6. The lowest BCUT2D eigenvalue weighted by atomic mass is 10.1. The highest BCUT2D eigenvalue weighted by atomic mass is 35.5. The minimum absolute atomic E-state index is 0.0884. The van der Waals surface area contributed by atoms with Gasteiger partial charge in [0.05, 0.1) is 22.8 Å². The van der Waals surface area contributed by atoms with Crippen LogP contribution in [-0.2, 0) is 17.7 Å². The number of hydrogen-bond donors (Lipinski definition) is 3. The molecule has 0 bridgehead atoms. The lowest BCUT2D eigenvalue weighted by Gasteiger charge is -2.33. The fourth-order valence-electron chi connectivity index (χ4n) is 3.41. The molecule has 166 valence electrons. The van der Waals surface area contributed by atoms with Crippen LogP contribution in [0.4, 0.5) is 4.79 Å². The molecule has 3 rings (SSSR count). The molecular weight excluding hydrogens is 439 g/mol. The first kappa shape index (κ1) is 23.3. The molecule has 1 aliphatic heterocycles. The number of carbonyl (C=O) groups is 2. The molecule has 1 atom stereocenters. The molecule has 4 N–H and O–H groups in total. The van der Waals surface area contributed by atoms with E-state index in [1.54, 1.807) is 24.3 Å². The Kier molecular flexibility index (Phi) is 8.54. The Morgan fingerprint density at radius 2 is 1.94 bits per heavy atom. The summed E-state index contributed by atoms with van der Waals surface area (Å²) in [5, 5.41) is 6.76. The van der Waals surface area contributed by atoms with Gasteiger partial charge in [-0.05, 0) is 41.8 Å². The molecule has 0 radical (unpaired) electrons. The molecule has 0 spiro atoms. The molecule has 0 saturated carbocycles. The van der Waals surface area contributed by atoms with Crippen LogP contribution in [0, 0.1) is 0 Å². The molecule has 1 fully saturated rings. The van der Waals surface area contributed by atoms with Crippen LogP contribution in [0.3, 0.4) is 0 Å². The van der Waals surface area contributed by atoms with Crippen molar-refractivity contribution in [1.29, 1.82) is 0 Å². The van der Waals surface area contributed by atoms with E-state index >= 15 is 0 Å². The first-order valence-electron chi connectivity index (χ1n) is 10.1. The molecule has 1 aliphatic rings. The van der Waals surface area contributed by atoms with Crippen LogP contribution in [0.2, 0.25) is 10.0 Å². The predicted octanol–water partition coefficient (Wildman–Crippen LogP) is 2.84. The fraction of sp³-hybridized carbons (Fsp3) is 0.364. The van der Waals surface area contributed by atoms with Crippen molar-refractivity contribution in [2.24, 2.45) is 5.73 Å². The second kappa shape index (κ2) is 11.3. The highest BCUT2D eigenvalue weighted by Crippen LogP contribution is 2.23. The van der Waals surface area contributed by atoms with E-state index in [1.807, 2.05) is 18.2 Å². The molecule has 7 nitrogen and oxygen atoms in total. The SMILES string of the molecule is NC(=O)c1cccc(CCNC(=O)NCC2CN(Cc3ccc(Cl)c(Cl)c3)CCO2)c1. The van der Waals surface area contributed by atoms with Gasteiger partial charge in [-0.2, -0.15) is 0 Å². The van der Waals surface area contributed by atoms with Crippen molar-refractivity contribution in [3.8, 4) is 0 Å². The first-order valence-corrected chi connectivity index (χ1v) is 10.8. The highest BCUT2D eigenvalue weighted by Gasteiger charge is 2.21. The van der Waals surface area contributed by atoms with Gasteiger partial charge in [0.1, 0.15) is 0 Å². The predicted molar refractivity (Wildman–Crippen MR) is 122 cm³/mol. The zero-order chi connectivity index (χ0) is 22.2. The number of nitrogens with zero attached hydrogens (tertiary/aromatic N) is 1. The van der Waals surface area contributed by atoms with Crippen LogP contribution in [-0.4, -0.2) is 55.7 Å². The van der Waals surface area contributed by atoms with Gasteiger partial charge in [-0.3, -0.25) is 9.69 Å². The number of primary amides is 1. The van der Waals surface area contributed by atoms with Crippen molar-refractivity contribution >= 4 is 35.1 Å². The molecule has 31 heavy (non-hydrogen) atoms. The van der Waals surface area contributed by atoms with Crippen LogP contribution in [0.1, 0.15) is 21.5 Å². The maximum absolute atomic E-state index is 12.1. The minimum Gasteiger partial charge on any atom is -0.374 e. The Hall–Kier alpha value is -2.32. The summed E-state index contributed by atoms with van der Waals surface area (Å²) in [7, 11) is 0. The average molecular weight is 465 g/mol. The second-order valence-electron chi connectivity index (χ2n) is 7.43. The lowest BCUT2D eigenvalue weighted by molar-refractivity contribution is -0.0287. The molecular formula is C22H26Cl2N4O3. The van der Waals surface area contributed by atoms with Crippen LogP contribution >= 0.6 is 23.2 Å². The maximum Gasteiger partial charge on any atom is 0.314 e. The first-order chi connectivity index (χ1) is 14.9. The van der Waals surface area contributed by atoms with Gasteiger partial charge in [0.25, 0.3) is 0 Å². The van der Waals surface area contributed by atoms with Gasteiger partial charge < -0.3 is 21.1 Å². The van der Waals surface area contributed by atoms with Crippen molar-refractivity contribution in [1.82, 2.24) is 15.5 Å². The van der Waals surface area contributed by atoms with E-state index in [0.717, 1.165) is 24.2 Å². The smallest absolute Gasteiger partial charge is 0.314 e. The van der Waals surface area contributed by atoms with Gasteiger partial charge in [0.15, 0.2) is 0 Å². The number of rotatable bonds is 8. The van der Waals surface area contributed by atoms with Crippen LogP contribution in [0.25, 0.3) is 0 Å². The molecule has 2 aromatic carbocycles. The maximum atomic E-state index is 12.1. The summed E-state index contributed by atoms with van der Waals surface area (Å²) in [6, 6.07) is 12.5. The molecule has 1 unspecified atom stereocenters. The van der Waals surface area contributed by atoms with Crippen LogP contribution < -0.4 is 16.4 Å². The second-order valence-corrected chi connectivity index (χ2v) is 8.24. The number of carbonyl (C=O) groups excluding carboxylic acids is 2. The third-order valence-corrected chi connectivity index (χ3v) is 5.75. The molecule has 3 amide bonds. The number of benzene rings is 2. The van der Waals surface area contributed by atoms with Crippen LogP contribution in [0.15, 0.2) is 42.5 Å². The molecule has 0 aliphatic carbocycles. The number of halogens is 2. The Bertz CT molecular complexity index is 925. The zero-order valence-electron chi connectivity index (χ0n) is 17.1. The van der Waals surface area contributed by atoms with E-state index in [0.29, 0.717) is 48.3 Å². The summed E-state index contributed by atoms with van der Waals surface area (Å²) in [6.07, 6.45) is 0.515. The monoisotopic (exact) mass is 464 g/mol. The minimum atomic E-state index is -0.465. The van der Waals surface area contributed by atoms with Crippen LogP contribution in [0.5, 0.6) is 0 Å². The third-order valence-electron chi connectivity index (χ3n) is 5.01. The molecule has 1 saturated heterocycles. The van der Waals surface area contributed by atoms with Gasteiger partial charge in [-0.15, -0.1) is 0 Å². The number of ether oxygens (including phenoxy) is 1. The zero-order valence-corrected chi connectivity index (χ0v) is 18.6. The molecule has 0 aromatic heterocycles. The van der Waals surface area contributed by atoms with Crippen molar-refractivity contribution in [3.05, 3.63) is 69.2 Å². The number of urea groups is 1. The van der Waals surface area contributed by atoms with E-state index in [4.69, 9.17) is 33.7 Å². The molecule has 2 aromatic rings. The van der Waals surface area contributed by atoms with Crippen molar-refractivity contribution in [3.63, 3.8) is 0 Å². The quantitative estimate of drug-likeness (QED) is 0.559. The number of nitrogens with one attached hydrogen (secondary N) is 2. The summed E-state index contributed by atoms with van der Waals surface area (Å²) >= 11 is 12.1. The Morgan fingerprint density at radius 1 is 1.10 bits per heavy atom. The number of morpholine rings is 1. The van der Waals surface area contributed by atoms with Gasteiger partial charge in [-0.1, -0.05) is 41.4 Å². The molecule has 1 heterocycles. The van der Waals surface area contributed by atoms with Crippen molar-refractivity contribution in [2.75, 3.05) is 32.8 Å². The molecule has 9 heteroatoms. The van der Waals surface area contributed by atoms with Gasteiger partial charge in [0, 0.05) is 38.3 Å². The normalized spacial score (nSPS) is 16.6.